The molecule has 1 aromatic carbocycles. The summed E-state index contributed by atoms with van der Waals surface area (Å²) in [5.74, 6) is -0.321. The van der Waals surface area contributed by atoms with E-state index in [1.54, 1.807) is 18.2 Å². The highest BCUT2D eigenvalue weighted by atomic mass is 19.1. The van der Waals surface area contributed by atoms with Crippen molar-refractivity contribution in [2.45, 2.75) is 25.4 Å². The normalized spacial score (nSPS) is 14.3. The number of benzene rings is 1. The van der Waals surface area contributed by atoms with Gasteiger partial charge in [0.1, 0.15) is 12.4 Å². The molecule has 98 valence electrons. The van der Waals surface area contributed by atoms with Crippen molar-refractivity contribution in [3.05, 3.63) is 35.6 Å². The lowest BCUT2D eigenvalue weighted by molar-refractivity contribution is 0.0794. The molecule has 1 saturated carbocycles. The van der Waals surface area contributed by atoms with Crippen LogP contribution in [0.1, 0.15) is 18.4 Å². The van der Waals surface area contributed by atoms with Crippen LogP contribution in [0.2, 0.25) is 0 Å². The summed E-state index contributed by atoms with van der Waals surface area (Å²) >= 11 is 0. The molecule has 0 heterocycles. The molecule has 0 saturated heterocycles. The fourth-order valence-corrected chi connectivity index (χ4v) is 1.75. The minimum Gasteiger partial charge on any atom is -0.447 e. The molecular weight excluding hydrogens is 237 g/mol. The molecule has 0 unspecified atom stereocenters. The molecule has 1 amide bonds. The van der Waals surface area contributed by atoms with E-state index in [0.29, 0.717) is 5.56 Å². The molecule has 0 atom stereocenters. The molecule has 0 aromatic heterocycles. The van der Waals surface area contributed by atoms with Crippen molar-refractivity contribution in [1.29, 1.82) is 0 Å². The highest BCUT2D eigenvalue weighted by Gasteiger charge is 2.33. The smallest absolute Gasteiger partial charge is 0.410 e. The van der Waals surface area contributed by atoms with E-state index in [4.69, 9.17) is 9.84 Å². The topological polar surface area (TPSA) is 49.8 Å². The van der Waals surface area contributed by atoms with Gasteiger partial charge in [-0.15, -0.1) is 0 Å². The van der Waals surface area contributed by atoms with Crippen molar-refractivity contribution in [1.82, 2.24) is 4.90 Å². The third-order valence-electron chi connectivity index (χ3n) is 2.84. The number of halogens is 1. The number of nitrogens with zero attached hydrogens (tertiary/aromatic N) is 1. The van der Waals surface area contributed by atoms with Crippen LogP contribution in [-0.2, 0) is 11.3 Å². The lowest BCUT2D eigenvalue weighted by Gasteiger charge is -2.21. The zero-order chi connectivity index (χ0) is 13.0. The average Bonchev–Trinajstić information content (AvgIpc) is 3.19. The van der Waals surface area contributed by atoms with Crippen LogP contribution in [0, 0.1) is 5.82 Å². The van der Waals surface area contributed by atoms with Gasteiger partial charge in [0, 0.05) is 11.6 Å². The molecule has 4 nitrogen and oxygen atoms in total. The van der Waals surface area contributed by atoms with Gasteiger partial charge in [-0.3, -0.25) is 0 Å². The Morgan fingerprint density at radius 3 is 2.78 bits per heavy atom. The number of carbonyl (C=O) groups is 1. The molecule has 1 N–H and O–H groups in total. The highest BCUT2D eigenvalue weighted by Crippen LogP contribution is 2.29. The van der Waals surface area contributed by atoms with Gasteiger partial charge < -0.3 is 14.7 Å². The molecule has 18 heavy (non-hydrogen) atoms. The van der Waals surface area contributed by atoms with Crippen LogP contribution in [0.4, 0.5) is 9.18 Å². The van der Waals surface area contributed by atoms with Crippen LogP contribution in [-0.4, -0.2) is 35.4 Å². The lowest BCUT2D eigenvalue weighted by atomic mass is 10.2. The maximum Gasteiger partial charge on any atom is 0.410 e. The summed E-state index contributed by atoms with van der Waals surface area (Å²) < 4.78 is 18.4. The second-order valence-electron chi connectivity index (χ2n) is 4.29. The first-order valence-corrected chi connectivity index (χ1v) is 6.00. The summed E-state index contributed by atoms with van der Waals surface area (Å²) in [4.78, 5) is 13.3. The SMILES string of the molecule is O=C(OCCO)N(Cc1ccccc1F)C1CC1. The Morgan fingerprint density at radius 2 is 2.17 bits per heavy atom. The van der Waals surface area contributed by atoms with Crippen LogP contribution < -0.4 is 0 Å². The second-order valence-corrected chi connectivity index (χ2v) is 4.29. The predicted octanol–water partition coefficient (Wildman–Crippen LogP) is 1.92. The number of ether oxygens (including phenoxy) is 1. The van der Waals surface area contributed by atoms with Gasteiger partial charge in [0.05, 0.1) is 13.2 Å². The largest absolute Gasteiger partial charge is 0.447 e. The van der Waals surface area contributed by atoms with E-state index in [9.17, 15) is 9.18 Å². The van der Waals surface area contributed by atoms with Gasteiger partial charge in [0.15, 0.2) is 0 Å². The Labute approximate surface area is 105 Å². The number of aliphatic hydroxyl groups is 1. The van der Waals surface area contributed by atoms with Crippen molar-refractivity contribution in [3.63, 3.8) is 0 Å². The Morgan fingerprint density at radius 1 is 1.44 bits per heavy atom. The Kier molecular flexibility index (Phi) is 4.15. The minimum atomic E-state index is -0.491. The van der Waals surface area contributed by atoms with Gasteiger partial charge in [-0.1, -0.05) is 18.2 Å². The van der Waals surface area contributed by atoms with Crippen molar-refractivity contribution >= 4 is 6.09 Å². The van der Waals surface area contributed by atoms with Gasteiger partial charge in [-0.2, -0.15) is 0 Å². The second kappa shape index (κ2) is 5.82. The summed E-state index contributed by atoms with van der Waals surface area (Å²) in [7, 11) is 0. The summed E-state index contributed by atoms with van der Waals surface area (Å²) in [6, 6.07) is 6.52. The predicted molar refractivity (Wildman–Crippen MR) is 63.4 cm³/mol. The van der Waals surface area contributed by atoms with Crippen LogP contribution >= 0.6 is 0 Å². The minimum absolute atomic E-state index is 0.0284. The van der Waals surface area contributed by atoms with E-state index in [0.717, 1.165) is 12.8 Å². The summed E-state index contributed by atoms with van der Waals surface area (Å²) in [6.07, 6.45) is 1.35. The van der Waals surface area contributed by atoms with E-state index < -0.39 is 6.09 Å². The van der Waals surface area contributed by atoms with Gasteiger partial charge in [0.25, 0.3) is 0 Å². The molecule has 1 aromatic rings. The maximum absolute atomic E-state index is 13.5. The first kappa shape index (κ1) is 12.8. The molecule has 0 bridgehead atoms. The molecule has 0 spiro atoms. The van der Waals surface area contributed by atoms with Crippen molar-refractivity contribution in [3.8, 4) is 0 Å². The van der Waals surface area contributed by atoms with Crippen molar-refractivity contribution < 1.29 is 19.0 Å². The van der Waals surface area contributed by atoms with Gasteiger partial charge >= 0.3 is 6.09 Å². The Hall–Kier alpha value is -1.62. The number of hydrogen-bond acceptors (Lipinski definition) is 3. The number of carbonyl (C=O) groups excluding carboxylic acids is 1. The van der Waals surface area contributed by atoms with Crippen LogP contribution in [0.25, 0.3) is 0 Å². The molecular formula is C13H16FNO3. The fourth-order valence-electron chi connectivity index (χ4n) is 1.75. The summed E-state index contributed by atoms with van der Waals surface area (Å²) in [5, 5.41) is 8.63. The molecule has 0 radical (unpaired) electrons. The molecule has 5 heteroatoms. The van der Waals surface area contributed by atoms with E-state index in [1.165, 1.54) is 11.0 Å². The van der Waals surface area contributed by atoms with Crippen LogP contribution in [0.5, 0.6) is 0 Å². The molecule has 1 aliphatic carbocycles. The third kappa shape index (κ3) is 3.20. The number of amides is 1. The van der Waals surface area contributed by atoms with E-state index in [1.807, 2.05) is 0 Å². The lowest BCUT2D eigenvalue weighted by Crippen LogP contribution is -2.34. The van der Waals surface area contributed by atoms with Crippen LogP contribution in [0.15, 0.2) is 24.3 Å². The Bertz CT molecular complexity index is 420. The first-order valence-electron chi connectivity index (χ1n) is 6.00. The number of rotatable bonds is 5. The van der Waals surface area contributed by atoms with Gasteiger partial charge in [-0.25, -0.2) is 9.18 Å². The molecule has 1 fully saturated rings. The van der Waals surface area contributed by atoms with E-state index in [-0.39, 0.29) is 31.6 Å². The van der Waals surface area contributed by atoms with E-state index >= 15 is 0 Å². The zero-order valence-electron chi connectivity index (χ0n) is 10.0. The van der Waals surface area contributed by atoms with Gasteiger partial charge in [-0.05, 0) is 18.9 Å². The Balaban J connectivity index is 2.02. The zero-order valence-corrected chi connectivity index (χ0v) is 10.0. The van der Waals surface area contributed by atoms with Crippen molar-refractivity contribution in [2.24, 2.45) is 0 Å². The third-order valence-corrected chi connectivity index (χ3v) is 2.84. The standard InChI is InChI=1S/C13H16FNO3/c14-12-4-2-1-3-10(12)9-15(11-5-6-11)13(17)18-8-7-16/h1-4,11,16H,5-9H2. The van der Waals surface area contributed by atoms with Crippen molar-refractivity contribution in [2.75, 3.05) is 13.2 Å². The molecule has 0 aliphatic heterocycles. The first-order chi connectivity index (χ1) is 8.72. The summed E-state index contributed by atoms with van der Waals surface area (Å²) in [5.41, 5.74) is 0.477. The van der Waals surface area contributed by atoms with Crippen LogP contribution in [0.3, 0.4) is 0 Å². The van der Waals surface area contributed by atoms with Gasteiger partial charge in [0.2, 0.25) is 0 Å². The monoisotopic (exact) mass is 253 g/mol. The summed E-state index contributed by atoms with van der Waals surface area (Å²) in [6.45, 7) is -0.0229. The molecule has 1 aliphatic rings. The number of hydrogen-bond donors (Lipinski definition) is 1. The highest BCUT2D eigenvalue weighted by molar-refractivity contribution is 5.68. The fraction of sp³-hybridized carbons (Fsp3) is 0.462. The van der Waals surface area contributed by atoms with E-state index in [2.05, 4.69) is 0 Å². The molecule has 2 rings (SSSR count). The maximum atomic E-state index is 13.5. The average molecular weight is 253 g/mol. The number of aliphatic hydroxyl groups excluding tert-OH is 1. The quantitative estimate of drug-likeness (QED) is 0.872.